The van der Waals surface area contributed by atoms with Crippen LogP contribution in [-0.4, -0.2) is 5.78 Å². The summed E-state index contributed by atoms with van der Waals surface area (Å²) < 4.78 is 0. The third-order valence-corrected chi connectivity index (χ3v) is 5.10. The summed E-state index contributed by atoms with van der Waals surface area (Å²) in [5.74, 6) is 4.72. The average Bonchev–Trinajstić information content (AvgIpc) is 2.76. The van der Waals surface area contributed by atoms with Crippen LogP contribution in [0.5, 0.6) is 0 Å². The summed E-state index contributed by atoms with van der Waals surface area (Å²) in [4.78, 5) is 11.8. The summed E-state index contributed by atoms with van der Waals surface area (Å²) in [6, 6.07) is 0. The molecule has 3 fully saturated rings. The zero-order chi connectivity index (χ0) is 9.16. The van der Waals surface area contributed by atoms with Gasteiger partial charge in [0.05, 0.1) is 0 Å². The van der Waals surface area contributed by atoms with E-state index in [-0.39, 0.29) is 0 Å². The minimum Gasteiger partial charge on any atom is -0.299 e. The van der Waals surface area contributed by atoms with Crippen LogP contribution >= 0.6 is 0 Å². The molecular weight excluding hydrogens is 160 g/mol. The van der Waals surface area contributed by atoms with Gasteiger partial charge in [-0.1, -0.05) is 13.8 Å². The maximum absolute atomic E-state index is 11.8. The second kappa shape index (κ2) is 2.37. The Kier molecular flexibility index (Phi) is 1.46. The Balaban J connectivity index is 1.98. The van der Waals surface area contributed by atoms with Crippen LogP contribution in [-0.2, 0) is 4.79 Å². The van der Waals surface area contributed by atoms with Crippen molar-refractivity contribution >= 4 is 5.78 Å². The largest absolute Gasteiger partial charge is 0.299 e. The van der Waals surface area contributed by atoms with E-state index in [1.54, 1.807) is 0 Å². The second-order valence-electron chi connectivity index (χ2n) is 5.47. The molecule has 13 heavy (non-hydrogen) atoms. The molecule has 0 amide bonds. The zero-order valence-electron chi connectivity index (χ0n) is 8.49. The number of hydrogen-bond acceptors (Lipinski definition) is 1. The minimum absolute atomic E-state index is 0.385. The van der Waals surface area contributed by atoms with Gasteiger partial charge in [-0.05, 0) is 42.9 Å². The van der Waals surface area contributed by atoms with Crippen molar-refractivity contribution in [2.45, 2.75) is 33.1 Å². The lowest BCUT2D eigenvalue weighted by Crippen LogP contribution is -2.22. The highest BCUT2D eigenvalue weighted by molar-refractivity contribution is 5.86. The van der Waals surface area contributed by atoms with E-state index in [9.17, 15) is 4.79 Å². The molecule has 3 saturated carbocycles. The monoisotopic (exact) mass is 178 g/mol. The van der Waals surface area contributed by atoms with Crippen LogP contribution in [0, 0.1) is 35.5 Å². The summed E-state index contributed by atoms with van der Waals surface area (Å²) in [5, 5.41) is 0. The van der Waals surface area contributed by atoms with Crippen LogP contribution in [0.15, 0.2) is 0 Å². The third-order valence-electron chi connectivity index (χ3n) is 5.10. The Bertz CT molecular complexity index is 234. The van der Waals surface area contributed by atoms with Crippen molar-refractivity contribution in [2.75, 3.05) is 0 Å². The molecule has 0 saturated heterocycles. The third kappa shape index (κ3) is 0.812. The fourth-order valence-electron chi connectivity index (χ4n) is 4.66. The van der Waals surface area contributed by atoms with Crippen molar-refractivity contribution in [3.63, 3.8) is 0 Å². The van der Waals surface area contributed by atoms with Gasteiger partial charge in [0.15, 0.2) is 0 Å². The molecule has 3 rings (SSSR count). The first-order valence-electron chi connectivity index (χ1n) is 5.74. The molecule has 0 aromatic rings. The van der Waals surface area contributed by atoms with Gasteiger partial charge < -0.3 is 0 Å². The standard InChI is InChI=1S/C12H18O/c1-6-10-8-3-4-9(5-8)11(10)7(2)12(6)13/h6-11H,3-5H2,1-2H3. The molecule has 1 nitrogen and oxygen atoms in total. The van der Waals surface area contributed by atoms with E-state index in [0.717, 1.165) is 23.7 Å². The predicted molar refractivity (Wildman–Crippen MR) is 51.1 cm³/mol. The molecule has 6 atom stereocenters. The lowest BCUT2D eigenvalue weighted by molar-refractivity contribution is -0.124. The van der Waals surface area contributed by atoms with Gasteiger partial charge in [-0.25, -0.2) is 0 Å². The van der Waals surface area contributed by atoms with Crippen LogP contribution in [0.2, 0.25) is 0 Å². The van der Waals surface area contributed by atoms with Gasteiger partial charge in [0.1, 0.15) is 5.78 Å². The number of hydrogen-bond donors (Lipinski definition) is 0. The van der Waals surface area contributed by atoms with Gasteiger partial charge in [0.2, 0.25) is 0 Å². The van der Waals surface area contributed by atoms with Crippen LogP contribution in [0.25, 0.3) is 0 Å². The van der Waals surface area contributed by atoms with Crippen LogP contribution in [0.4, 0.5) is 0 Å². The smallest absolute Gasteiger partial charge is 0.139 e. The number of ketones is 1. The van der Waals surface area contributed by atoms with Gasteiger partial charge in [0.25, 0.3) is 0 Å². The predicted octanol–water partition coefficient (Wildman–Crippen LogP) is 2.50. The Labute approximate surface area is 79.9 Å². The van der Waals surface area contributed by atoms with E-state index in [1.807, 2.05) is 0 Å². The van der Waals surface area contributed by atoms with E-state index in [0.29, 0.717) is 17.6 Å². The number of fused-ring (bicyclic) bond motifs is 5. The van der Waals surface area contributed by atoms with E-state index >= 15 is 0 Å². The molecule has 1 heteroatoms. The maximum atomic E-state index is 11.8. The Hall–Kier alpha value is -0.330. The van der Waals surface area contributed by atoms with E-state index in [1.165, 1.54) is 19.3 Å². The van der Waals surface area contributed by atoms with Crippen molar-refractivity contribution in [3.8, 4) is 0 Å². The molecule has 0 radical (unpaired) electrons. The molecule has 0 aromatic heterocycles. The highest BCUT2D eigenvalue weighted by atomic mass is 16.1. The van der Waals surface area contributed by atoms with Crippen LogP contribution in [0.1, 0.15) is 33.1 Å². The first kappa shape index (κ1) is 8.02. The molecule has 72 valence electrons. The van der Waals surface area contributed by atoms with Crippen LogP contribution < -0.4 is 0 Å². The fraction of sp³-hybridized carbons (Fsp3) is 0.917. The normalized spacial score (nSPS) is 58.8. The quantitative estimate of drug-likeness (QED) is 0.557. The van der Waals surface area contributed by atoms with Crippen LogP contribution in [0.3, 0.4) is 0 Å². The lowest BCUT2D eigenvalue weighted by Gasteiger charge is -2.27. The summed E-state index contributed by atoms with van der Waals surface area (Å²) in [6.07, 6.45) is 4.27. The number of rotatable bonds is 0. The second-order valence-corrected chi connectivity index (χ2v) is 5.47. The van der Waals surface area contributed by atoms with Gasteiger partial charge in [-0.15, -0.1) is 0 Å². The number of Topliss-reactive ketones (excluding diaryl/α,β-unsaturated/α-hetero) is 1. The first-order valence-corrected chi connectivity index (χ1v) is 5.74. The maximum Gasteiger partial charge on any atom is 0.139 e. The van der Waals surface area contributed by atoms with Gasteiger partial charge in [0, 0.05) is 11.8 Å². The van der Waals surface area contributed by atoms with Gasteiger partial charge >= 0.3 is 0 Å². The molecule has 0 N–H and O–H groups in total. The molecule has 0 aromatic carbocycles. The first-order chi connectivity index (χ1) is 6.20. The Morgan fingerprint density at radius 3 is 1.92 bits per heavy atom. The van der Waals surface area contributed by atoms with E-state index < -0.39 is 0 Å². The SMILES string of the molecule is CC1C(=O)C(C)C2C3CCC(C3)C12. The van der Waals surface area contributed by atoms with Gasteiger partial charge in [-0.2, -0.15) is 0 Å². The molecule has 6 unspecified atom stereocenters. The minimum atomic E-state index is 0.385. The molecule has 0 spiro atoms. The van der Waals surface area contributed by atoms with Crippen molar-refractivity contribution in [1.82, 2.24) is 0 Å². The molecule has 2 bridgehead atoms. The molecule has 3 aliphatic carbocycles. The van der Waals surface area contributed by atoms with Crippen molar-refractivity contribution < 1.29 is 4.79 Å². The number of carbonyl (C=O) groups excluding carboxylic acids is 1. The lowest BCUT2D eigenvalue weighted by atomic mass is 9.77. The summed E-state index contributed by atoms with van der Waals surface area (Å²) >= 11 is 0. The molecule has 0 heterocycles. The molecular formula is C12H18O. The molecule has 3 aliphatic rings. The van der Waals surface area contributed by atoms with E-state index in [2.05, 4.69) is 13.8 Å². The van der Waals surface area contributed by atoms with Gasteiger partial charge in [-0.3, -0.25) is 4.79 Å². The van der Waals surface area contributed by atoms with Crippen molar-refractivity contribution in [3.05, 3.63) is 0 Å². The highest BCUT2D eigenvalue weighted by Crippen LogP contribution is 2.61. The van der Waals surface area contributed by atoms with Crippen molar-refractivity contribution in [1.29, 1.82) is 0 Å². The summed E-state index contributed by atoms with van der Waals surface area (Å²) in [6.45, 7) is 4.34. The Morgan fingerprint density at radius 1 is 1.00 bits per heavy atom. The van der Waals surface area contributed by atoms with E-state index in [4.69, 9.17) is 0 Å². The van der Waals surface area contributed by atoms with Crippen molar-refractivity contribution in [2.24, 2.45) is 35.5 Å². The summed E-state index contributed by atoms with van der Waals surface area (Å²) in [7, 11) is 0. The highest BCUT2D eigenvalue weighted by Gasteiger charge is 2.58. The fourth-order valence-corrected chi connectivity index (χ4v) is 4.66. The number of carbonyl (C=O) groups is 1. The topological polar surface area (TPSA) is 17.1 Å². The summed E-state index contributed by atoms with van der Waals surface area (Å²) in [5.41, 5.74) is 0. The average molecular weight is 178 g/mol. The zero-order valence-corrected chi connectivity index (χ0v) is 8.49. The molecule has 0 aliphatic heterocycles. The Morgan fingerprint density at radius 2 is 1.46 bits per heavy atom.